The third kappa shape index (κ3) is 3.36. The number of pyridine rings is 2. The van der Waals surface area contributed by atoms with Gasteiger partial charge in [-0.1, -0.05) is 12.1 Å². The number of nitrogens with zero attached hydrogens (tertiary/aromatic N) is 6. The third-order valence-corrected chi connectivity index (χ3v) is 6.37. The molecule has 0 bridgehead atoms. The molecule has 0 N–H and O–H groups in total. The second kappa shape index (κ2) is 8.16. The Morgan fingerprint density at radius 3 is 2.42 bits per heavy atom. The summed E-state index contributed by atoms with van der Waals surface area (Å²) in [5.41, 5.74) is 5.74. The summed E-state index contributed by atoms with van der Waals surface area (Å²) in [4.78, 5) is 22.4. The molecule has 0 atom stereocenters. The summed E-state index contributed by atoms with van der Waals surface area (Å²) >= 11 is 0. The molecule has 178 valence electrons. The lowest BCUT2D eigenvalue weighted by Gasteiger charge is -2.09. The van der Waals surface area contributed by atoms with Crippen LogP contribution in [0.4, 0.5) is 4.39 Å². The van der Waals surface area contributed by atoms with Crippen molar-refractivity contribution in [2.75, 3.05) is 7.11 Å². The molecule has 6 aromatic rings. The average Bonchev–Trinajstić information content (AvgIpc) is 3.44. The van der Waals surface area contributed by atoms with Crippen molar-refractivity contribution in [1.82, 2.24) is 28.9 Å². The van der Waals surface area contributed by atoms with Gasteiger partial charge in [0, 0.05) is 49.1 Å². The van der Waals surface area contributed by atoms with Crippen molar-refractivity contribution >= 4 is 21.9 Å². The summed E-state index contributed by atoms with van der Waals surface area (Å²) in [5, 5.41) is 4.98. The summed E-state index contributed by atoms with van der Waals surface area (Å²) < 4.78 is 24.4. The Labute approximate surface area is 204 Å². The van der Waals surface area contributed by atoms with Gasteiger partial charge in [-0.15, -0.1) is 0 Å². The molecule has 6 rings (SSSR count). The summed E-state index contributed by atoms with van der Waals surface area (Å²) in [6.07, 6.45) is 7.17. The molecule has 0 fully saturated rings. The van der Waals surface area contributed by atoms with E-state index < -0.39 is 5.82 Å². The van der Waals surface area contributed by atoms with Crippen LogP contribution in [0, 0.1) is 5.82 Å². The van der Waals surface area contributed by atoms with Crippen LogP contribution in [0.25, 0.3) is 50.0 Å². The van der Waals surface area contributed by atoms with Crippen LogP contribution < -0.4 is 10.4 Å². The number of imidazole rings is 1. The number of aryl methyl sites for hydroxylation is 2. The molecule has 2 aromatic carbocycles. The van der Waals surface area contributed by atoms with Crippen molar-refractivity contribution in [1.29, 1.82) is 0 Å². The van der Waals surface area contributed by atoms with E-state index in [1.807, 2.05) is 49.8 Å². The van der Waals surface area contributed by atoms with E-state index >= 15 is 0 Å². The van der Waals surface area contributed by atoms with Gasteiger partial charge in [-0.2, -0.15) is 5.10 Å². The molecule has 0 aliphatic carbocycles. The number of halogens is 1. The van der Waals surface area contributed by atoms with E-state index in [0.717, 1.165) is 33.3 Å². The number of hydrogen-bond donors (Lipinski definition) is 0. The van der Waals surface area contributed by atoms with E-state index in [-0.39, 0.29) is 11.4 Å². The Morgan fingerprint density at radius 1 is 0.889 bits per heavy atom. The first-order valence-electron chi connectivity index (χ1n) is 11.2. The highest BCUT2D eigenvalue weighted by Gasteiger charge is 2.18. The standard InChI is InChI=1S/C27H21FN6O2/c1-32-15-18(13-31-32)22-7-5-17(12-29-22)16-4-8-23-20(10-16)26-24(14-30-23)33(2)27(35)34(26)19-6-9-25(36-3)21(28)11-19/h4-15H,1-3H3. The van der Waals surface area contributed by atoms with Crippen molar-refractivity contribution in [3.05, 3.63) is 89.6 Å². The van der Waals surface area contributed by atoms with Gasteiger partial charge >= 0.3 is 5.69 Å². The first-order valence-corrected chi connectivity index (χ1v) is 11.2. The molecule has 0 radical (unpaired) electrons. The fourth-order valence-electron chi connectivity index (χ4n) is 4.50. The number of hydrogen-bond acceptors (Lipinski definition) is 5. The summed E-state index contributed by atoms with van der Waals surface area (Å²) in [5.74, 6) is -0.430. The van der Waals surface area contributed by atoms with Crippen LogP contribution in [-0.4, -0.2) is 36.0 Å². The number of benzene rings is 2. The van der Waals surface area contributed by atoms with Crippen LogP contribution in [0.5, 0.6) is 5.75 Å². The molecule has 0 saturated heterocycles. The van der Waals surface area contributed by atoms with Crippen LogP contribution in [-0.2, 0) is 14.1 Å². The number of methoxy groups -OCH3 is 1. The average molecular weight is 481 g/mol. The predicted molar refractivity (Wildman–Crippen MR) is 136 cm³/mol. The molecule has 36 heavy (non-hydrogen) atoms. The van der Waals surface area contributed by atoms with E-state index in [2.05, 4.69) is 15.1 Å². The zero-order valence-electron chi connectivity index (χ0n) is 19.8. The van der Waals surface area contributed by atoms with Crippen LogP contribution in [0.15, 0.2) is 78.1 Å². The van der Waals surface area contributed by atoms with Crippen molar-refractivity contribution in [3.63, 3.8) is 0 Å². The second-order valence-corrected chi connectivity index (χ2v) is 8.55. The van der Waals surface area contributed by atoms with E-state index in [1.165, 1.54) is 28.4 Å². The van der Waals surface area contributed by atoms with E-state index in [1.54, 1.807) is 30.2 Å². The lowest BCUT2D eigenvalue weighted by molar-refractivity contribution is 0.386. The molecular weight excluding hydrogens is 459 g/mol. The minimum absolute atomic E-state index is 0.114. The topological polar surface area (TPSA) is 79.8 Å². The zero-order valence-corrected chi connectivity index (χ0v) is 19.8. The molecule has 0 aliphatic heterocycles. The third-order valence-electron chi connectivity index (χ3n) is 6.37. The predicted octanol–water partition coefficient (Wildman–Crippen LogP) is 4.49. The Bertz CT molecular complexity index is 1830. The number of aromatic nitrogens is 6. The lowest BCUT2D eigenvalue weighted by atomic mass is 10.0. The molecule has 9 heteroatoms. The van der Waals surface area contributed by atoms with Crippen LogP contribution in [0.2, 0.25) is 0 Å². The SMILES string of the molecule is COc1ccc(-n2c(=O)n(C)c3cnc4ccc(-c5ccc(-c6cnn(C)c6)nc5)cc4c32)cc1F. The Balaban J connectivity index is 1.54. The number of ether oxygens (including phenoxy) is 1. The first kappa shape index (κ1) is 21.7. The van der Waals surface area contributed by atoms with Gasteiger partial charge in [0.2, 0.25) is 0 Å². The van der Waals surface area contributed by atoms with Gasteiger partial charge in [0.15, 0.2) is 11.6 Å². The van der Waals surface area contributed by atoms with E-state index in [4.69, 9.17) is 4.74 Å². The minimum atomic E-state index is -0.544. The highest BCUT2D eigenvalue weighted by Crippen LogP contribution is 2.31. The van der Waals surface area contributed by atoms with E-state index in [9.17, 15) is 9.18 Å². The highest BCUT2D eigenvalue weighted by atomic mass is 19.1. The first-order chi connectivity index (χ1) is 17.4. The Morgan fingerprint density at radius 2 is 1.72 bits per heavy atom. The summed E-state index contributed by atoms with van der Waals surface area (Å²) in [6.45, 7) is 0. The van der Waals surface area contributed by atoms with Gasteiger partial charge < -0.3 is 4.74 Å². The molecule has 4 heterocycles. The normalized spacial score (nSPS) is 11.4. The largest absolute Gasteiger partial charge is 0.494 e. The number of fused-ring (bicyclic) bond motifs is 3. The van der Waals surface area contributed by atoms with Crippen molar-refractivity contribution in [2.24, 2.45) is 14.1 Å². The zero-order chi connectivity index (χ0) is 25.0. The molecule has 0 saturated carbocycles. The molecular formula is C27H21FN6O2. The molecule has 0 aliphatic rings. The minimum Gasteiger partial charge on any atom is -0.494 e. The molecule has 4 aromatic heterocycles. The lowest BCUT2D eigenvalue weighted by Crippen LogP contribution is -2.21. The van der Waals surface area contributed by atoms with Gasteiger partial charge in [-0.3, -0.25) is 23.8 Å². The van der Waals surface area contributed by atoms with Crippen molar-refractivity contribution in [2.45, 2.75) is 0 Å². The smallest absolute Gasteiger partial charge is 0.333 e. The molecule has 8 nitrogen and oxygen atoms in total. The second-order valence-electron chi connectivity index (χ2n) is 8.55. The molecule has 0 spiro atoms. The van der Waals surface area contributed by atoms with Crippen molar-refractivity contribution < 1.29 is 9.13 Å². The van der Waals surface area contributed by atoms with Crippen LogP contribution in [0.3, 0.4) is 0 Å². The monoisotopic (exact) mass is 480 g/mol. The highest BCUT2D eigenvalue weighted by molar-refractivity contribution is 6.04. The fraction of sp³-hybridized carbons (Fsp3) is 0.111. The van der Waals surface area contributed by atoms with E-state index in [0.29, 0.717) is 16.7 Å². The van der Waals surface area contributed by atoms with Crippen LogP contribution in [0.1, 0.15) is 0 Å². The van der Waals surface area contributed by atoms with Crippen molar-refractivity contribution in [3.8, 4) is 33.8 Å². The maximum absolute atomic E-state index is 14.6. The molecule has 0 unspecified atom stereocenters. The fourth-order valence-corrected chi connectivity index (χ4v) is 4.50. The quantitative estimate of drug-likeness (QED) is 0.372. The van der Waals surface area contributed by atoms with Gasteiger partial charge in [0.1, 0.15) is 0 Å². The van der Waals surface area contributed by atoms with Gasteiger partial charge in [0.25, 0.3) is 0 Å². The number of rotatable bonds is 4. The Hall–Kier alpha value is -4.79. The van der Waals surface area contributed by atoms with Gasteiger partial charge in [-0.25, -0.2) is 9.18 Å². The van der Waals surface area contributed by atoms with Crippen LogP contribution >= 0.6 is 0 Å². The molecule has 0 amide bonds. The summed E-state index contributed by atoms with van der Waals surface area (Å²) in [7, 11) is 4.95. The van der Waals surface area contributed by atoms with Gasteiger partial charge in [0.05, 0.1) is 47.4 Å². The maximum Gasteiger partial charge on any atom is 0.333 e. The van der Waals surface area contributed by atoms with Gasteiger partial charge in [-0.05, 0) is 35.9 Å². The Kier molecular flexibility index (Phi) is 4.92. The maximum atomic E-state index is 14.6. The summed E-state index contributed by atoms with van der Waals surface area (Å²) in [6, 6.07) is 14.3.